The minimum atomic E-state index is -0.830. The average Bonchev–Trinajstić information content (AvgIpc) is 3.58. The Bertz CT molecular complexity index is 1220. The minimum Gasteiger partial charge on any atom is -0.465 e. The van der Waals surface area contributed by atoms with Crippen molar-refractivity contribution in [3.8, 4) is 0 Å². The molecular formula is C35H51N3O5S. The number of ether oxygens (including phenoxy) is 1. The second-order valence-electron chi connectivity index (χ2n) is 13.0. The van der Waals surface area contributed by atoms with Gasteiger partial charge in [-0.05, 0) is 83.1 Å². The maximum absolute atomic E-state index is 14.9. The minimum absolute atomic E-state index is 0.192. The first-order chi connectivity index (χ1) is 21.0. The Morgan fingerprint density at radius 2 is 1.80 bits per heavy atom. The van der Waals surface area contributed by atoms with Crippen LogP contribution in [-0.4, -0.2) is 82.2 Å². The van der Waals surface area contributed by atoms with E-state index < -0.39 is 33.4 Å². The Morgan fingerprint density at radius 1 is 1.14 bits per heavy atom. The van der Waals surface area contributed by atoms with Crippen molar-refractivity contribution in [3.63, 3.8) is 0 Å². The second-order valence-corrected chi connectivity index (χ2v) is 14.9. The van der Waals surface area contributed by atoms with Gasteiger partial charge in [0.2, 0.25) is 5.91 Å². The maximum Gasteiger partial charge on any atom is 0.311 e. The maximum atomic E-state index is 14.9. The van der Waals surface area contributed by atoms with Crippen molar-refractivity contribution in [2.45, 2.75) is 88.3 Å². The van der Waals surface area contributed by atoms with Crippen LogP contribution in [0.1, 0.15) is 66.7 Å². The summed E-state index contributed by atoms with van der Waals surface area (Å²) in [6.07, 6.45) is 6.81. The number of nitrogens with zero attached hydrogens (tertiary/aromatic N) is 3. The smallest absolute Gasteiger partial charge is 0.311 e. The van der Waals surface area contributed by atoms with E-state index in [-0.39, 0.29) is 43.5 Å². The van der Waals surface area contributed by atoms with Crippen molar-refractivity contribution >= 4 is 40.9 Å². The van der Waals surface area contributed by atoms with Gasteiger partial charge in [-0.15, -0.1) is 24.9 Å². The van der Waals surface area contributed by atoms with Gasteiger partial charge in [-0.25, -0.2) is 0 Å². The van der Waals surface area contributed by atoms with Gasteiger partial charge in [0, 0.05) is 35.8 Å². The van der Waals surface area contributed by atoms with Gasteiger partial charge >= 0.3 is 5.97 Å². The van der Waals surface area contributed by atoms with Crippen LogP contribution in [0, 0.1) is 17.8 Å². The number of aliphatic hydroxyl groups excluding tert-OH is 1. The molecule has 3 saturated heterocycles. The third-order valence-corrected chi connectivity index (χ3v) is 11.7. The number of aliphatic hydroxyl groups is 1. The Kier molecular flexibility index (Phi) is 10.9. The number of anilines is 2. The lowest BCUT2D eigenvalue weighted by Gasteiger charge is -2.40. The summed E-state index contributed by atoms with van der Waals surface area (Å²) in [6.45, 7) is 20.1. The van der Waals surface area contributed by atoms with Gasteiger partial charge in [-0.1, -0.05) is 26.0 Å². The number of unbranched alkanes of at least 4 members (excludes halogenated alkanes) is 1. The van der Waals surface area contributed by atoms with Crippen LogP contribution in [0.3, 0.4) is 0 Å². The molecule has 1 aromatic rings. The van der Waals surface area contributed by atoms with Gasteiger partial charge in [0.05, 0.1) is 35.8 Å². The molecule has 44 heavy (non-hydrogen) atoms. The number of hydrogen-bond donors (Lipinski definition) is 1. The molecule has 0 aliphatic carbocycles. The molecule has 2 unspecified atom stereocenters. The van der Waals surface area contributed by atoms with Crippen molar-refractivity contribution in [2.24, 2.45) is 17.8 Å². The molecule has 242 valence electrons. The van der Waals surface area contributed by atoms with Crippen molar-refractivity contribution in [3.05, 3.63) is 49.6 Å². The largest absolute Gasteiger partial charge is 0.465 e. The second kappa shape index (κ2) is 14.1. The van der Waals surface area contributed by atoms with Crippen LogP contribution in [0.15, 0.2) is 49.6 Å². The molecule has 2 bridgehead atoms. The highest BCUT2D eigenvalue weighted by molar-refractivity contribution is 8.02. The highest BCUT2D eigenvalue weighted by atomic mass is 32.2. The number of likely N-dealkylation sites (tertiary alicyclic amines) is 1. The van der Waals surface area contributed by atoms with E-state index in [0.29, 0.717) is 25.7 Å². The highest BCUT2D eigenvalue weighted by Gasteiger charge is 2.78. The van der Waals surface area contributed by atoms with Gasteiger partial charge in [-0.2, -0.15) is 0 Å². The summed E-state index contributed by atoms with van der Waals surface area (Å²) in [5.74, 6) is -1.94. The fourth-order valence-corrected chi connectivity index (χ4v) is 10.1. The molecule has 6 atom stereocenters. The van der Waals surface area contributed by atoms with Gasteiger partial charge in [0.25, 0.3) is 5.91 Å². The van der Waals surface area contributed by atoms with Gasteiger partial charge in [0.15, 0.2) is 0 Å². The number of rotatable bonds is 16. The number of fused-ring (bicyclic) bond motifs is 1. The quantitative estimate of drug-likeness (QED) is 0.148. The first kappa shape index (κ1) is 34.1. The number of benzene rings is 1. The van der Waals surface area contributed by atoms with E-state index in [9.17, 15) is 19.5 Å². The summed E-state index contributed by atoms with van der Waals surface area (Å²) in [7, 11) is 0. The van der Waals surface area contributed by atoms with Crippen LogP contribution < -0.4 is 9.80 Å². The molecule has 3 heterocycles. The van der Waals surface area contributed by atoms with Crippen LogP contribution in [0.4, 0.5) is 11.4 Å². The summed E-state index contributed by atoms with van der Waals surface area (Å²) >= 11 is 1.62. The molecule has 3 aliphatic rings. The van der Waals surface area contributed by atoms with Gasteiger partial charge < -0.3 is 24.5 Å². The lowest BCUT2D eigenvalue weighted by atomic mass is 9.66. The van der Waals surface area contributed by atoms with E-state index in [1.54, 1.807) is 33.7 Å². The van der Waals surface area contributed by atoms with Gasteiger partial charge in [-0.3, -0.25) is 14.4 Å². The van der Waals surface area contributed by atoms with E-state index in [0.717, 1.165) is 30.9 Å². The Morgan fingerprint density at radius 3 is 2.36 bits per heavy atom. The van der Waals surface area contributed by atoms with Crippen LogP contribution in [0.25, 0.3) is 0 Å². The summed E-state index contributed by atoms with van der Waals surface area (Å²) < 4.78 is 4.45. The standard InChI is InChI=1S/C35H51N3O5S/c1-8-12-13-21-43-33(42)29-28-31(40)38(27(23-39)22-24(5)6)30(35(28)19-18-34(29,7)44-35)32(41)37(20-9-2)26-16-14-25(15-17-26)36(10-3)11-4/h8-9,14-17,24,27-30,39H,1-2,10-13,18-23H2,3-7H3/t27-,28+,29+,30?,34-,35?/m1/s1. The molecule has 3 aliphatic heterocycles. The molecule has 1 N–H and O–H groups in total. The first-order valence-electron chi connectivity index (χ1n) is 16.2. The number of thioether (sulfide) groups is 1. The molecule has 1 aromatic carbocycles. The number of amides is 2. The van der Waals surface area contributed by atoms with E-state index >= 15 is 0 Å². The number of allylic oxidation sites excluding steroid dienone is 1. The molecule has 0 radical (unpaired) electrons. The molecule has 0 aromatic heterocycles. The molecule has 1 spiro atoms. The molecule has 0 saturated carbocycles. The van der Waals surface area contributed by atoms with Crippen molar-refractivity contribution in [1.29, 1.82) is 0 Å². The SMILES string of the molecule is C=CCCCOC(=O)[C@@H]1[C@H]2C(=O)N([C@@H](CO)CC(C)C)C(C(=O)N(CC=C)c3ccc(N(CC)CC)cc3)C23CC[C@@]1(C)S3. The van der Waals surface area contributed by atoms with Crippen LogP contribution in [0.5, 0.6) is 0 Å². The third kappa shape index (κ3) is 6.06. The topological polar surface area (TPSA) is 90.4 Å². The van der Waals surface area contributed by atoms with Crippen molar-refractivity contribution in [1.82, 2.24) is 4.90 Å². The lowest BCUT2D eigenvalue weighted by Crippen LogP contribution is -2.57. The van der Waals surface area contributed by atoms with E-state index in [1.807, 2.05) is 45.0 Å². The zero-order chi connectivity index (χ0) is 32.2. The Hall–Kier alpha value is -2.78. The molecular weight excluding hydrogens is 574 g/mol. The number of carbonyl (C=O) groups excluding carboxylic acids is 3. The van der Waals surface area contributed by atoms with Crippen LogP contribution >= 0.6 is 11.8 Å². The van der Waals surface area contributed by atoms with E-state index in [4.69, 9.17) is 4.74 Å². The fraction of sp³-hybridized carbons (Fsp3) is 0.629. The van der Waals surface area contributed by atoms with Crippen molar-refractivity contribution < 1.29 is 24.2 Å². The van der Waals surface area contributed by atoms with E-state index in [2.05, 4.69) is 31.9 Å². The average molecular weight is 626 g/mol. The molecule has 9 heteroatoms. The molecule has 4 rings (SSSR count). The van der Waals surface area contributed by atoms with Crippen LogP contribution in [-0.2, 0) is 19.1 Å². The monoisotopic (exact) mass is 625 g/mol. The predicted octanol–water partition coefficient (Wildman–Crippen LogP) is 5.45. The zero-order valence-corrected chi connectivity index (χ0v) is 28.0. The summed E-state index contributed by atoms with van der Waals surface area (Å²) in [4.78, 5) is 48.8. The van der Waals surface area contributed by atoms with Crippen molar-refractivity contribution in [2.75, 3.05) is 42.6 Å². The van der Waals surface area contributed by atoms with Gasteiger partial charge in [0.1, 0.15) is 6.04 Å². The molecule has 8 nitrogen and oxygen atoms in total. The predicted molar refractivity (Wildman–Crippen MR) is 179 cm³/mol. The third-order valence-electron chi connectivity index (χ3n) is 9.71. The molecule has 2 amide bonds. The lowest BCUT2D eigenvalue weighted by molar-refractivity contribution is -0.156. The highest BCUT2D eigenvalue weighted by Crippen LogP contribution is 2.72. The Labute approximate surface area is 267 Å². The normalized spacial score (nSPS) is 27.8. The number of carbonyl (C=O) groups is 3. The summed E-state index contributed by atoms with van der Waals surface area (Å²) in [5, 5.41) is 10.6. The Balaban J connectivity index is 1.77. The fourth-order valence-electron chi connectivity index (χ4n) is 7.74. The molecule has 3 fully saturated rings. The first-order valence-corrected chi connectivity index (χ1v) is 17.0. The number of hydrogen-bond acceptors (Lipinski definition) is 7. The van der Waals surface area contributed by atoms with Crippen LogP contribution in [0.2, 0.25) is 0 Å². The van der Waals surface area contributed by atoms with E-state index in [1.165, 1.54) is 0 Å². The zero-order valence-electron chi connectivity index (χ0n) is 27.2. The summed E-state index contributed by atoms with van der Waals surface area (Å²) in [6, 6.07) is 6.58. The number of esters is 1. The summed E-state index contributed by atoms with van der Waals surface area (Å²) in [5.41, 5.74) is 1.80.